The quantitative estimate of drug-likeness (QED) is 0.670. The van der Waals surface area contributed by atoms with Crippen molar-refractivity contribution in [2.75, 3.05) is 5.73 Å². The van der Waals surface area contributed by atoms with Gasteiger partial charge in [-0.1, -0.05) is 30.3 Å². The summed E-state index contributed by atoms with van der Waals surface area (Å²) in [4.78, 5) is 4.03. The van der Waals surface area contributed by atoms with Gasteiger partial charge in [0, 0.05) is 11.6 Å². The third kappa shape index (κ3) is 1.37. The van der Waals surface area contributed by atoms with Crippen LogP contribution < -0.4 is 11.2 Å². The number of fused-ring (bicyclic) bond motifs is 1. The maximum absolute atomic E-state index is 5.74. The van der Waals surface area contributed by atoms with E-state index >= 15 is 0 Å². The molecule has 2 nitrogen and oxygen atoms in total. The van der Waals surface area contributed by atoms with Gasteiger partial charge >= 0.3 is 0 Å². The second kappa shape index (κ2) is 3.18. The van der Waals surface area contributed by atoms with Gasteiger partial charge in [0.1, 0.15) is 13.7 Å². The fraction of sp³-hybridized carbons (Fsp3) is 0. The zero-order chi connectivity index (χ0) is 10.1. The van der Waals surface area contributed by atoms with E-state index in [0.29, 0.717) is 11.3 Å². The molecule has 1 heterocycles. The van der Waals surface area contributed by atoms with E-state index in [1.165, 1.54) is 0 Å². The molecule has 0 unspecified atom stereocenters. The monoisotopic (exact) mass is 180 g/mol. The maximum atomic E-state index is 5.74. The first-order valence-electron chi connectivity index (χ1n) is 4.28. The molecular weight excluding hydrogens is 171 g/mol. The minimum atomic E-state index is 0.498. The molecule has 3 heteroatoms. The Morgan fingerprint density at radius 2 is 2.14 bits per heavy atom. The van der Waals surface area contributed by atoms with Crippen molar-refractivity contribution < 1.29 is 0 Å². The first-order valence-corrected chi connectivity index (χ1v) is 4.28. The summed E-state index contributed by atoms with van der Waals surface area (Å²) in [6.07, 6.45) is 3.50. The van der Waals surface area contributed by atoms with Crippen LogP contribution in [0.1, 0.15) is 5.56 Å². The van der Waals surface area contributed by atoms with Gasteiger partial charge in [0.25, 0.3) is 0 Å². The van der Waals surface area contributed by atoms with Gasteiger partial charge in [-0.15, -0.1) is 0 Å². The van der Waals surface area contributed by atoms with Crippen molar-refractivity contribution >= 4 is 36.0 Å². The Morgan fingerprint density at radius 3 is 2.86 bits per heavy atom. The van der Waals surface area contributed by atoms with E-state index < -0.39 is 0 Å². The lowest BCUT2D eigenvalue weighted by Gasteiger charge is -2.04. The van der Waals surface area contributed by atoms with E-state index in [-0.39, 0.29) is 0 Å². The fourth-order valence-electron chi connectivity index (χ4n) is 1.50. The van der Waals surface area contributed by atoms with Gasteiger partial charge in [0.05, 0.1) is 0 Å². The number of nitrogen functional groups attached to an aromatic ring is 1. The van der Waals surface area contributed by atoms with E-state index in [0.717, 1.165) is 16.3 Å². The van der Waals surface area contributed by atoms with Gasteiger partial charge in [0.15, 0.2) is 0 Å². The number of nitrogens with two attached hydrogens (primary N) is 1. The standard InChI is InChI=1S/C11H9BN2/c1-2-7-3-9(12)4-8-5-11(13)14-6-10(7)8/h2-6H,1H2,(H2,13,14). The summed E-state index contributed by atoms with van der Waals surface area (Å²) in [6, 6.07) is 5.55. The molecular formula is C11H9BN2. The molecule has 0 aliphatic heterocycles. The van der Waals surface area contributed by atoms with Gasteiger partial charge < -0.3 is 5.73 Å². The Balaban J connectivity index is 2.87. The average molecular weight is 180 g/mol. The maximum Gasteiger partial charge on any atom is 0.123 e. The molecule has 0 saturated heterocycles. The van der Waals surface area contributed by atoms with E-state index in [4.69, 9.17) is 13.6 Å². The Morgan fingerprint density at radius 1 is 1.36 bits per heavy atom. The molecule has 0 saturated carbocycles. The molecule has 1 aromatic heterocycles. The SMILES string of the molecule is [B]c1cc(C=C)c2cnc(N)cc2c1. The molecule has 0 atom stereocenters. The second-order valence-corrected chi connectivity index (χ2v) is 3.14. The molecule has 0 fully saturated rings. The molecule has 2 rings (SSSR count). The third-order valence-corrected chi connectivity index (χ3v) is 2.13. The molecule has 2 radical (unpaired) electrons. The van der Waals surface area contributed by atoms with Crippen LogP contribution in [0.2, 0.25) is 0 Å². The van der Waals surface area contributed by atoms with Crippen LogP contribution in [-0.4, -0.2) is 12.8 Å². The first kappa shape index (κ1) is 8.82. The lowest BCUT2D eigenvalue weighted by Crippen LogP contribution is -2.03. The van der Waals surface area contributed by atoms with Crippen molar-refractivity contribution in [2.45, 2.75) is 0 Å². The van der Waals surface area contributed by atoms with Crippen LogP contribution in [0.3, 0.4) is 0 Å². The highest BCUT2D eigenvalue weighted by Gasteiger charge is 2.00. The summed E-state index contributed by atoms with van der Waals surface area (Å²) in [5.74, 6) is 0.498. The van der Waals surface area contributed by atoms with Crippen molar-refractivity contribution in [3.05, 3.63) is 36.5 Å². The highest BCUT2D eigenvalue weighted by molar-refractivity contribution is 6.33. The van der Waals surface area contributed by atoms with E-state index in [9.17, 15) is 0 Å². The molecule has 0 spiro atoms. The number of pyridine rings is 1. The molecule has 2 N–H and O–H groups in total. The summed E-state index contributed by atoms with van der Waals surface area (Å²) in [6.45, 7) is 3.73. The van der Waals surface area contributed by atoms with Gasteiger partial charge in [-0.05, 0) is 17.0 Å². The highest BCUT2D eigenvalue weighted by atomic mass is 14.8. The van der Waals surface area contributed by atoms with Crippen LogP contribution in [0.15, 0.2) is 31.0 Å². The van der Waals surface area contributed by atoms with E-state index in [2.05, 4.69) is 11.6 Å². The minimum absolute atomic E-state index is 0.498. The first-order chi connectivity index (χ1) is 6.70. The number of benzene rings is 1. The summed E-state index contributed by atoms with van der Waals surface area (Å²) in [5, 5.41) is 2.01. The molecule has 0 aliphatic carbocycles. The van der Waals surface area contributed by atoms with Crippen molar-refractivity contribution in [2.24, 2.45) is 0 Å². The van der Waals surface area contributed by atoms with E-state index in [1.807, 2.05) is 12.1 Å². The number of nitrogens with zero attached hydrogens (tertiary/aromatic N) is 1. The second-order valence-electron chi connectivity index (χ2n) is 3.14. The van der Waals surface area contributed by atoms with Crippen molar-refractivity contribution in [3.8, 4) is 0 Å². The number of aromatic nitrogens is 1. The molecule has 0 amide bonds. The van der Waals surface area contributed by atoms with Crippen LogP contribution in [-0.2, 0) is 0 Å². The average Bonchev–Trinajstić information content (AvgIpc) is 2.15. The lowest BCUT2D eigenvalue weighted by molar-refractivity contribution is 1.37. The van der Waals surface area contributed by atoms with Crippen LogP contribution in [0, 0.1) is 0 Å². The molecule has 2 aromatic rings. The van der Waals surface area contributed by atoms with Crippen molar-refractivity contribution in [3.63, 3.8) is 0 Å². The Kier molecular flexibility index (Phi) is 2.00. The lowest BCUT2D eigenvalue weighted by atomic mass is 9.91. The Bertz CT molecular complexity index is 501. The molecule has 14 heavy (non-hydrogen) atoms. The van der Waals surface area contributed by atoms with Crippen LogP contribution >= 0.6 is 0 Å². The zero-order valence-electron chi connectivity index (χ0n) is 7.70. The topological polar surface area (TPSA) is 38.9 Å². The van der Waals surface area contributed by atoms with E-state index in [1.54, 1.807) is 18.3 Å². The number of anilines is 1. The Labute approximate surface area is 83.9 Å². The highest BCUT2D eigenvalue weighted by Crippen LogP contribution is 2.18. The number of hydrogen-bond acceptors (Lipinski definition) is 2. The molecule has 0 bridgehead atoms. The summed E-state index contributed by atoms with van der Waals surface area (Å²) in [7, 11) is 5.74. The van der Waals surface area contributed by atoms with Gasteiger partial charge in [0.2, 0.25) is 0 Å². The van der Waals surface area contributed by atoms with Crippen LogP contribution in [0.4, 0.5) is 5.82 Å². The van der Waals surface area contributed by atoms with Crippen molar-refractivity contribution in [1.82, 2.24) is 4.98 Å². The Hall–Kier alpha value is -1.77. The largest absolute Gasteiger partial charge is 0.384 e. The summed E-state index contributed by atoms with van der Waals surface area (Å²) >= 11 is 0. The number of hydrogen-bond donors (Lipinski definition) is 1. The smallest absolute Gasteiger partial charge is 0.123 e. The molecule has 1 aromatic carbocycles. The van der Waals surface area contributed by atoms with Crippen LogP contribution in [0.25, 0.3) is 16.8 Å². The summed E-state index contributed by atoms with van der Waals surface area (Å²) in [5.41, 5.74) is 7.27. The minimum Gasteiger partial charge on any atom is -0.384 e. The fourth-order valence-corrected chi connectivity index (χ4v) is 1.50. The van der Waals surface area contributed by atoms with Crippen LogP contribution in [0.5, 0.6) is 0 Å². The van der Waals surface area contributed by atoms with Crippen molar-refractivity contribution in [1.29, 1.82) is 0 Å². The molecule has 0 aliphatic rings. The summed E-state index contributed by atoms with van der Waals surface area (Å²) < 4.78 is 0. The van der Waals surface area contributed by atoms with Gasteiger partial charge in [-0.3, -0.25) is 0 Å². The molecule has 66 valence electrons. The predicted octanol–water partition coefficient (Wildman–Crippen LogP) is 1.25. The van der Waals surface area contributed by atoms with Gasteiger partial charge in [-0.2, -0.15) is 0 Å². The number of rotatable bonds is 1. The normalized spacial score (nSPS) is 10.3. The predicted molar refractivity (Wildman–Crippen MR) is 61.6 cm³/mol. The third-order valence-electron chi connectivity index (χ3n) is 2.13. The zero-order valence-corrected chi connectivity index (χ0v) is 7.70. The van der Waals surface area contributed by atoms with Gasteiger partial charge in [-0.25, -0.2) is 4.98 Å².